The van der Waals surface area contributed by atoms with Crippen molar-refractivity contribution in [3.63, 3.8) is 0 Å². The molecule has 0 saturated carbocycles. The van der Waals surface area contributed by atoms with Crippen LogP contribution in [-0.4, -0.2) is 56.3 Å². The second kappa shape index (κ2) is 10.5. The van der Waals surface area contributed by atoms with Crippen molar-refractivity contribution in [1.29, 1.82) is 0 Å². The van der Waals surface area contributed by atoms with Gasteiger partial charge in [-0.25, -0.2) is 9.97 Å². The van der Waals surface area contributed by atoms with E-state index in [0.717, 1.165) is 27.8 Å². The second-order valence-corrected chi connectivity index (χ2v) is 6.55. The van der Waals surface area contributed by atoms with Crippen LogP contribution in [0.5, 0.6) is 5.75 Å². The molecule has 8 nitrogen and oxygen atoms in total. The maximum absolute atomic E-state index is 12.5. The van der Waals surface area contributed by atoms with Gasteiger partial charge in [-0.2, -0.15) is 0 Å². The first-order valence-electron chi connectivity index (χ1n) is 9.86. The Morgan fingerprint density at radius 1 is 1.17 bits per heavy atom. The highest BCUT2D eigenvalue weighted by atomic mass is 16.5. The van der Waals surface area contributed by atoms with Crippen LogP contribution in [0, 0.1) is 0 Å². The van der Waals surface area contributed by atoms with Gasteiger partial charge in [-0.05, 0) is 42.6 Å². The molecule has 0 aliphatic rings. The molecule has 0 bridgehead atoms. The summed E-state index contributed by atoms with van der Waals surface area (Å²) in [7, 11) is 3.40. The SMILES string of the molecule is CCOCCNCC(=O)Nc1cc(-c2ccnc(NC)n2)cc2ccc(OC)cc12. The van der Waals surface area contributed by atoms with Gasteiger partial charge in [0.15, 0.2) is 0 Å². The molecule has 3 aromatic rings. The Morgan fingerprint density at radius 3 is 2.80 bits per heavy atom. The zero-order valence-corrected chi connectivity index (χ0v) is 17.5. The lowest BCUT2D eigenvalue weighted by molar-refractivity contribution is -0.115. The summed E-state index contributed by atoms with van der Waals surface area (Å²) >= 11 is 0. The average Bonchev–Trinajstić information content (AvgIpc) is 2.78. The lowest BCUT2D eigenvalue weighted by Crippen LogP contribution is -2.30. The van der Waals surface area contributed by atoms with E-state index in [1.54, 1.807) is 20.4 Å². The minimum atomic E-state index is -0.133. The molecule has 158 valence electrons. The van der Waals surface area contributed by atoms with Crippen molar-refractivity contribution in [1.82, 2.24) is 15.3 Å². The third-order valence-electron chi connectivity index (χ3n) is 4.52. The van der Waals surface area contributed by atoms with Crippen LogP contribution in [-0.2, 0) is 9.53 Å². The fraction of sp³-hybridized carbons (Fsp3) is 0.318. The topological polar surface area (TPSA) is 97.4 Å². The molecule has 0 radical (unpaired) electrons. The summed E-state index contributed by atoms with van der Waals surface area (Å²) in [5.74, 6) is 1.12. The number of ether oxygens (including phenoxy) is 2. The molecule has 1 aromatic heterocycles. The lowest BCUT2D eigenvalue weighted by Gasteiger charge is -2.13. The van der Waals surface area contributed by atoms with Crippen LogP contribution in [0.3, 0.4) is 0 Å². The number of nitrogens with zero attached hydrogens (tertiary/aromatic N) is 2. The number of fused-ring (bicyclic) bond motifs is 1. The minimum Gasteiger partial charge on any atom is -0.497 e. The Kier molecular flexibility index (Phi) is 7.53. The van der Waals surface area contributed by atoms with Gasteiger partial charge < -0.3 is 25.4 Å². The third kappa shape index (κ3) is 5.43. The molecular weight excluding hydrogens is 382 g/mol. The summed E-state index contributed by atoms with van der Waals surface area (Å²) in [4.78, 5) is 21.2. The first-order valence-corrected chi connectivity index (χ1v) is 9.86. The van der Waals surface area contributed by atoms with E-state index in [1.807, 2.05) is 43.3 Å². The Bertz CT molecular complexity index is 1010. The highest BCUT2D eigenvalue weighted by Crippen LogP contribution is 2.33. The van der Waals surface area contributed by atoms with Gasteiger partial charge in [-0.3, -0.25) is 4.79 Å². The predicted molar refractivity (Wildman–Crippen MR) is 119 cm³/mol. The van der Waals surface area contributed by atoms with Crippen LogP contribution in [0.4, 0.5) is 11.6 Å². The Balaban J connectivity index is 1.90. The monoisotopic (exact) mass is 409 g/mol. The van der Waals surface area contributed by atoms with Crippen molar-refractivity contribution in [3.8, 4) is 17.0 Å². The third-order valence-corrected chi connectivity index (χ3v) is 4.52. The smallest absolute Gasteiger partial charge is 0.238 e. The number of aromatic nitrogens is 2. The molecule has 0 aliphatic carbocycles. The Morgan fingerprint density at radius 2 is 2.03 bits per heavy atom. The summed E-state index contributed by atoms with van der Waals surface area (Å²) < 4.78 is 10.6. The van der Waals surface area contributed by atoms with E-state index in [9.17, 15) is 4.79 Å². The van der Waals surface area contributed by atoms with Gasteiger partial charge >= 0.3 is 0 Å². The van der Waals surface area contributed by atoms with Gasteiger partial charge in [0.1, 0.15) is 5.75 Å². The number of nitrogens with one attached hydrogen (secondary N) is 3. The molecular formula is C22H27N5O3. The summed E-state index contributed by atoms with van der Waals surface area (Å²) in [5.41, 5.74) is 2.34. The van der Waals surface area contributed by atoms with E-state index < -0.39 is 0 Å². The molecule has 8 heteroatoms. The van der Waals surface area contributed by atoms with Crippen LogP contribution in [0.15, 0.2) is 42.6 Å². The number of anilines is 2. The van der Waals surface area contributed by atoms with Gasteiger partial charge in [-0.1, -0.05) is 6.07 Å². The quantitative estimate of drug-likeness (QED) is 0.443. The number of hydrogen-bond donors (Lipinski definition) is 3. The average molecular weight is 409 g/mol. The summed E-state index contributed by atoms with van der Waals surface area (Å²) in [6.07, 6.45) is 1.70. The normalized spacial score (nSPS) is 10.8. The van der Waals surface area contributed by atoms with Crippen molar-refractivity contribution in [2.45, 2.75) is 6.92 Å². The number of carbonyl (C=O) groups is 1. The maximum atomic E-state index is 12.5. The van der Waals surface area contributed by atoms with E-state index in [0.29, 0.717) is 31.4 Å². The largest absolute Gasteiger partial charge is 0.497 e. The fourth-order valence-corrected chi connectivity index (χ4v) is 3.04. The molecule has 0 unspecified atom stereocenters. The van der Waals surface area contributed by atoms with Crippen molar-refractivity contribution in [2.24, 2.45) is 0 Å². The van der Waals surface area contributed by atoms with Crippen LogP contribution >= 0.6 is 0 Å². The number of amides is 1. The molecule has 3 N–H and O–H groups in total. The van der Waals surface area contributed by atoms with Gasteiger partial charge in [0.05, 0.1) is 26.0 Å². The van der Waals surface area contributed by atoms with Crippen molar-refractivity contribution < 1.29 is 14.3 Å². The van der Waals surface area contributed by atoms with Crippen LogP contribution in [0.25, 0.3) is 22.0 Å². The first kappa shape index (κ1) is 21.5. The van der Waals surface area contributed by atoms with Crippen LogP contribution in [0.1, 0.15) is 6.92 Å². The number of rotatable bonds is 10. The minimum absolute atomic E-state index is 0.133. The molecule has 30 heavy (non-hydrogen) atoms. The molecule has 1 heterocycles. The van der Waals surface area contributed by atoms with Crippen molar-refractivity contribution >= 4 is 28.3 Å². The lowest BCUT2D eigenvalue weighted by atomic mass is 10.0. The highest BCUT2D eigenvalue weighted by molar-refractivity contribution is 6.05. The van der Waals surface area contributed by atoms with E-state index in [-0.39, 0.29) is 12.5 Å². The second-order valence-electron chi connectivity index (χ2n) is 6.55. The summed E-state index contributed by atoms with van der Waals surface area (Å²) in [6, 6.07) is 11.6. The number of methoxy groups -OCH3 is 1. The van der Waals surface area contributed by atoms with E-state index in [4.69, 9.17) is 9.47 Å². The number of hydrogen-bond acceptors (Lipinski definition) is 7. The molecule has 2 aromatic carbocycles. The van der Waals surface area contributed by atoms with E-state index >= 15 is 0 Å². The Labute approximate surface area is 176 Å². The first-order chi connectivity index (χ1) is 14.6. The van der Waals surface area contributed by atoms with Gasteiger partial charge in [-0.15, -0.1) is 0 Å². The van der Waals surface area contributed by atoms with Gasteiger partial charge in [0.2, 0.25) is 11.9 Å². The number of carbonyl (C=O) groups excluding carboxylic acids is 1. The molecule has 1 amide bonds. The predicted octanol–water partition coefficient (Wildman–Crippen LogP) is 2.91. The van der Waals surface area contributed by atoms with Crippen molar-refractivity contribution in [2.75, 3.05) is 51.1 Å². The molecule has 0 spiro atoms. The fourth-order valence-electron chi connectivity index (χ4n) is 3.04. The summed E-state index contributed by atoms with van der Waals surface area (Å²) in [6.45, 7) is 3.98. The maximum Gasteiger partial charge on any atom is 0.238 e. The zero-order chi connectivity index (χ0) is 21.3. The molecule has 3 rings (SSSR count). The van der Waals surface area contributed by atoms with E-state index in [2.05, 4.69) is 25.9 Å². The zero-order valence-electron chi connectivity index (χ0n) is 17.5. The molecule has 0 fully saturated rings. The van der Waals surface area contributed by atoms with Crippen LogP contribution in [0.2, 0.25) is 0 Å². The molecule has 0 atom stereocenters. The number of benzene rings is 2. The van der Waals surface area contributed by atoms with Crippen molar-refractivity contribution in [3.05, 3.63) is 42.6 Å². The standard InChI is InChI=1S/C22H27N5O3/c1-4-30-10-9-24-14-21(28)26-20-12-16(19-7-8-25-22(23-2)27-19)11-15-5-6-17(29-3)13-18(15)20/h5-8,11-13,24H,4,9-10,14H2,1-3H3,(H,26,28)(H,23,25,27). The highest BCUT2D eigenvalue weighted by Gasteiger charge is 2.11. The van der Waals surface area contributed by atoms with E-state index in [1.165, 1.54) is 0 Å². The van der Waals surface area contributed by atoms with Gasteiger partial charge in [0.25, 0.3) is 0 Å². The summed E-state index contributed by atoms with van der Waals surface area (Å²) in [5, 5.41) is 10.9. The van der Waals surface area contributed by atoms with Gasteiger partial charge in [0, 0.05) is 43.0 Å². The Hall–Kier alpha value is -3.23. The molecule has 0 saturated heterocycles. The van der Waals surface area contributed by atoms with Crippen LogP contribution < -0.4 is 20.7 Å². The molecule has 0 aliphatic heterocycles.